The monoisotopic (exact) mass is 333 g/mol. The van der Waals surface area contributed by atoms with E-state index in [-0.39, 0.29) is 23.0 Å². The molecule has 3 atom stereocenters. The van der Waals surface area contributed by atoms with Crippen molar-refractivity contribution in [2.24, 2.45) is 17.3 Å². The molecular formula is C18H23NO3S. The summed E-state index contributed by atoms with van der Waals surface area (Å²) in [6, 6.07) is 6.95. The number of carbonyl (C=O) groups is 1. The van der Waals surface area contributed by atoms with Crippen molar-refractivity contribution < 1.29 is 13.2 Å². The number of aryl methyl sites for hydroxylation is 1. The van der Waals surface area contributed by atoms with E-state index in [2.05, 4.69) is 6.58 Å². The maximum absolute atomic E-state index is 12.9. The molecule has 0 aromatic heterocycles. The first-order valence-electron chi connectivity index (χ1n) is 7.98. The molecule has 2 fully saturated rings. The van der Waals surface area contributed by atoms with E-state index in [1.807, 2.05) is 26.0 Å². The lowest BCUT2D eigenvalue weighted by molar-refractivity contribution is -0.121. The van der Waals surface area contributed by atoms with Crippen LogP contribution in [0.4, 0.5) is 0 Å². The zero-order valence-corrected chi connectivity index (χ0v) is 14.5. The third kappa shape index (κ3) is 2.66. The van der Waals surface area contributed by atoms with Gasteiger partial charge in [-0.05, 0) is 36.8 Å². The van der Waals surface area contributed by atoms with Gasteiger partial charge >= 0.3 is 0 Å². The zero-order chi connectivity index (χ0) is 16.8. The highest BCUT2D eigenvalue weighted by Crippen LogP contribution is 2.51. The molecule has 0 N–H and O–H groups in total. The third-order valence-electron chi connectivity index (χ3n) is 5.39. The minimum Gasteiger partial charge on any atom is -0.299 e. The van der Waals surface area contributed by atoms with E-state index in [9.17, 15) is 13.2 Å². The van der Waals surface area contributed by atoms with E-state index >= 15 is 0 Å². The van der Waals surface area contributed by atoms with Gasteiger partial charge < -0.3 is 0 Å². The van der Waals surface area contributed by atoms with Crippen molar-refractivity contribution >= 4 is 15.8 Å². The van der Waals surface area contributed by atoms with Crippen molar-refractivity contribution in [3.63, 3.8) is 0 Å². The van der Waals surface area contributed by atoms with Gasteiger partial charge in [0, 0.05) is 25.4 Å². The summed E-state index contributed by atoms with van der Waals surface area (Å²) in [5.41, 5.74) is 0.786. The summed E-state index contributed by atoms with van der Waals surface area (Å²) in [4.78, 5) is 12.6. The van der Waals surface area contributed by atoms with Crippen LogP contribution in [0.3, 0.4) is 0 Å². The smallest absolute Gasteiger partial charge is 0.243 e. The van der Waals surface area contributed by atoms with Crippen LogP contribution < -0.4 is 0 Å². The Morgan fingerprint density at radius 2 is 2.00 bits per heavy atom. The van der Waals surface area contributed by atoms with E-state index in [1.54, 1.807) is 22.5 Å². The molecule has 1 heterocycles. The molecule has 1 unspecified atom stereocenters. The molecule has 1 saturated heterocycles. The molecule has 4 nitrogen and oxygen atoms in total. The first-order valence-corrected chi connectivity index (χ1v) is 9.42. The van der Waals surface area contributed by atoms with Crippen LogP contribution in [0.5, 0.6) is 0 Å². The van der Waals surface area contributed by atoms with Crippen molar-refractivity contribution in [1.82, 2.24) is 4.31 Å². The highest BCUT2D eigenvalue weighted by molar-refractivity contribution is 7.89. The second-order valence-electron chi connectivity index (χ2n) is 7.15. The molecule has 2 aliphatic rings. The molecule has 1 aromatic rings. The maximum Gasteiger partial charge on any atom is 0.243 e. The van der Waals surface area contributed by atoms with Crippen LogP contribution in [0.2, 0.25) is 0 Å². The Morgan fingerprint density at radius 3 is 2.61 bits per heavy atom. The number of rotatable bonds is 4. The van der Waals surface area contributed by atoms with E-state index in [1.165, 1.54) is 0 Å². The van der Waals surface area contributed by atoms with Crippen molar-refractivity contribution in [3.05, 3.63) is 42.5 Å². The Hall–Kier alpha value is -1.46. The van der Waals surface area contributed by atoms with Gasteiger partial charge in [-0.15, -0.1) is 6.58 Å². The van der Waals surface area contributed by atoms with Gasteiger partial charge in [0.1, 0.15) is 5.78 Å². The Balaban J connectivity index is 1.88. The molecule has 124 valence electrons. The summed E-state index contributed by atoms with van der Waals surface area (Å²) in [6.07, 6.45) is 2.87. The van der Waals surface area contributed by atoms with Crippen molar-refractivity contribution in [3.8, 4) is 0 Å². The fraction of sp³-hybridized carbons (Fsp3) is 0.500. The number of benzene rings is 1. The predicted molar refractivity (Wildman–Crippen MR) is 89.5 cm³/mol. The Morgan fingerprint density at radius 1 is 1.35 bits per heavy atom. The summed E-state index contributed by atoms with van der Waals surface area (Å²) in [5.74, 6) is 0.258. The van der Waals surface area contributed by atoms with Crippen LogP contribution in [0.1, 0.15) is 25.3 Å². The number of hydrogen-bond donors (Lipinski definition) is 0. The minimum atomic E-state index is -3.50. The van der Waals surface area contributed by atoms with Crippen LogP contribution >= 0.6 is 0 Å². The molecule has 1 aliphatic carbocycles. The van der Waals surface area contributed by atoms with Crippen LogP contribution in [0, 0.1) is 24.2 Å². The first-order chi connectivity index (χ1) is 10.8. The lowest BCUT2D eigenvalue weighted by Crippen LogP contribution is -2.32. The van der Waals surface area contributed by atoms with Gasteiger partial charge in [0.25, 0.3) is 0 Å². The molecule has 3 rings (SSSR count). The molecule has 1 saturated carbocycles. The molecule has 0 spiro atoms. The third-order valence-corrected chi connectivity index (χ3v) is 7.22. The minimum absolute atomic E-state index is 0.0873. The Bertz CT molecular complexity index is 738. The van der Waals surface area contributed by atoms with Gasteiger partial charge in [-0.25, -0.2) is 8.42 Å². The molecule has 0 radical (unpaired) electrons. The molecule has 0 amide bonds. The number of sulfonamides is 1. The van der Waals surface area contributed by atoms with Crippen LogP contribution in [0.25, 0.3) is 0 Å². The maximum atomic E-state index is 12.9. The van der Waals surface area contributed by atoms with E-state index < -0.39 is 10.0 Å². The predicted octanol–water partition coefficient (Wildman–Crippen LogP) is 2.79. The summed E-state index contributed by atoms with van der Waals surface area (Å²) in [7, 11) is -3.50. The number of ketones is 1. The van der Waals surface area contributed by atoms with Gasteiger partial charge in [0.05, 0.1) is 4.90 Å². The van der Waals surface area contributed by atoms with Gasteiger partial charge in [0.2, 0.25) is 10.0 Å². The topological polar surface area (TPSA) is 54.5 Å². The van der Waals surface area contributed by atoms with E-state index in [0.29, 0.717) is 30.8 Å². The number of nitrogens with zero attached hydrogens (tertiary/aromatic N) is 1. The number of hydrogen-bond acceptors (Lipinski definition) is 3. The fourth-order valence-corrected chi connectivity index (χ4v) is 5.70. The summed E-state index contributed by atoms with van der Waals surface area (Å²) < 4.78 is 27.3. The Labute approximate surface area is 138 Å². The summed E-state index contributed by atoms with van der Waals surface area (Å²) in [6.45, 7) is 8.57. The average molecular weight is 333 g/mol. The molecule has 1 aliphatic heterocycles. The molecule has 0 bridgehead atoms. The molecular weight excluding hydrogens is 310 g/mol. The quantitative estimate of drug-likeness (QED) is 0.796. The number of carbonyl (C=O) groups excluding carboxylic acids is 1. The Kier molecular flexibility index (Phi) is 3.97. The normalized spacial score (nSPS) is 31.3. The van der Waals surface area contributed by atoms with Crippen molar-refractivity contribution in [2.75, 3.05) is 13.1 Å². The molecule has 5 heteroatoms. The van der Waals surface area contributed by atoms with Crippen LogP contribution in [-0.4, -0.2) is 31.6 Å². The van der Waals surface area contributed by atoms with E-state index in [0.717, 1.165) is 5.56 Å². The second kappa shape index (κ2) is 5.56. The highest BCUT2D eigenvalue weighted by atomic mass is 32.2. The van der Waals surface area contributed by atoms with Gasteiger partial charge in [0.15, 0.2) is 0 Å². The summed E-state index contributed by atoms with van der Waals surface area (Å²) in [5, 5.41) is 0. The van der Waals surface area contributed by atoms with Crippen LogP contribution in [-0.2, 0) is 14.8 Å². The first kappa shape index (κ1) is 16.4. The zero-order valence-electron chi connectivity index (χ0n) is 13.7. The SMILES string of the molecule is C=CCC1C(=O)C[C@@]2(C)CN(S(=O)(=O)c3ccc(C)cc3)C[C@@H]12. The van der Waals surface area contributed by atoms with Gasteiger partial charge in [-0.3, -0.25) is 4.79 Å². The van der Waals surface area contributed by atoms with Crippen LogP contribution in [0.15, 0.2) is 41.8 Å². The van der Waals surface area contributed by atoms with Crippen molar-refractivity contribution in [2.45, 2.75) is 31.6 Å². The van der Waals surface area contributed by atoms with Crippen molar-refractivity contribution in [1.29, 1.82) is 0 Å². The van der Waals surface area contributed by atoms with Gasteiger partial charge in [-0.2, -0.15) is 4.31 Å². The van der Waals surface area contributed by atoms with E-state index in [4.69, 9.17) is 0 Å². The standard InChI is InChI=1S/C18H23NO3S/c1-4-5-15-16-11-19(12-18(16,3)10-17(15)20)23(21,22)14-8-6-13(2)7-9-14/h4,6-9,15-16H,1,5,10-12H2,2-3H3/t15?,16-,18-/m0/s1. The second-order valence-corrected chi connectivity index (χ2v) is 9.08. The van der Waals surface area contributed by atoms with Gasteiger partial charge in [-0.1, -0.05) is 30.7 Å². The lowest BCUT2D eigenvalue weighted by atomic mass is 9.79. The number of allylic oxidation sites excluding steroid dienone is 1. The lowest BCUT2D eigenvalue weighted by Gasteiger charge is -2.23. The summed E-state index contributed by atoms with van der Waals surface area (Å²) >= 11 is 0. The highest BCUT2D eigenvalue weighted by Gasteiger charge is 2.56. The largest absolute Gasteiger partial charge is 0.299 e. The number of Topliss-reactive ketones (excluding diaryl/α,β-unsaturated/α-hetero) is 1. The molecule has 23 heavy (non-hydrogen) atoms. The molecule has 1 aromatic carbocycles. The fourth-order valence-electron chi connectivity index (χ4n) is 4.10. The number of fused-ring (bicyclic) bond motifs is 1. The average Bonchev–Trinajstić information content (AvgIpc) is 2.93.